The van der Waals surface area contributed by atoms with E-state index in [1.165, 1.54) is 0 Å². The van der Waals surface area contributed by atoms with Gasteiger partial charge >= 0.3 is 5.97 Å². The van der Waals surface area contributed by atoms with Crippen LogP contribution in [-0.4, -0.2) is 25.9 Å². The van der Waals surface area contributed by atoms with Crippen LogP contribution in [0.5, 0.6) is 0 Å². The number of rotatable bonds is 4. The highest BCUT2D eigenvalue weighted by molar-refractivity contribution is 6.32. The van der Waals surface area contributed by atoms with Crippen molar-refractivity contribution < 1.29 is 14.1 Å². The van der Waals surface area contributed by atoms with E-state index < -0.39 is 5.97 Å². The van der Waals surface area contributed by atoms with E-state index >= 15 is 0 Å². The third kappa shape index (κ3) is 3.24. The van der Waals surface area contributed by atoms with E-state index in [2.05, 4.69) is 15.2 Å². The second-order valence-corrected chi connectivity index (χ2v) is 5.25. The number of nitrogens with zero attached hydrogens (tertiary/aromatic N) is 4. The first-order valence-corrected chi connectivity index (χ1v) is 7.20. The molecule has 23 heavy (non-hydrogen) atoms. The van der Waals surface area contributed by atoms with Gasteiger partial charge in [0.15, 0.2) is 18.1 Å². The number of ether oxygens (including phenoxy) is 1. The molecule has 0 aliphatic heterocycles. The predicted octanol–water partition coefficient (Wildman–Crippen LogP) is 2.88. The lowest BCUT2D eigenvalue weighted by atomic mass is 10.3. The van der Waals surface area contributed by atoms with E-state index in [-0.39, 0.29) is 18.2 Å². The van der Waals surface area contributed by atoms with E-state index in [9.17, 15) is 4.79 Å². The van der Waals surface area contributed by atoms with Crippen molar-refractivity contribution in [3.05, 3.63) is 58.5 Å². The van der Waals surface area contributed by atoms with Crippen LogP contribution < -0.4 is 0 Å². The van der Waals surface area contributed by atoms with Crippen molar-refractivity contribution in [1.82, 2.24) is 19.9 Å². The highest BCUT2D eigenvalue weighted by Gasteiger charge is 2.17. The largest absolute Gasteiger partial charge is 0.451 e. The zero-order valence-electron chi connectivity index (χ0n) is 12.5. The Balaban J connectivity index is 1.77. The summed E-state index contributed by atoms with van der Waals surface area (Å²) in [5.74, 6) is 0.141. The Labute approximate surface area is 136 Å². The molecule has 0 radical (unpaired) electrons. The van der Waals surface area contributed by atoms with Gasteiger partial charge in [0.05, 0.1) is 10.7 Å². The molecular formula is C15H13ClN4O3. The van der Waals surface area contributed by atoms with Gasteiger partial charge in [0.1, 0.15) is 0 Å². The third-order valence-electron chi connectivity index (χ3n) is 3.07. The molecule has 3 rings (SSSR count). The first-order chi connectivity index (χ1) is 11.0. The molecule has 0 aliphatic rings. The zero-order valence-corrected chi connectivity index (χ0v) is 13.2. The Kier molecular flexibility index (Phi) is 4.12. The molecule has 0 aliphatic carbocycles. The number of carbonyl (C=O) groups is 1. The fourth-order valence-electron chi connectivity index (χ4n) is 2.04. The molecule has 0 N–H and O–H groups in total. The van der Waals surface area contributed by atoms with E-state index in [1.54, 1.807) is 23.7 Å². The van der Waals surface area contributed by atoms with E-state index in [0.29, 0.717) is 16.5 Å². The number of aromatic nitrogens is 4. The van der Waals surface area contributed by atoms with Crippen LogP contribution in [0.25, 0.3) is 5.69 Å². The topological polar surface area (TPSA) is 83.0 Å². The molecule has 118 valence electrons. The lowest BCUT2D eigenvalue weighted by Crippen LogP contribution is -2.07. The van der Waals surface area contributed by atoms with Crippen LogP contribution in [-0.2, 0) is 11.3 Å². The maximum absolute atomic E-state index is 12.1. The van der Waals surface area contributed by atoms with E-state index in [1.807, 2.05) is 25.1 Å². The normalized spacial score (nSPS) is 10.7. The van der Waals surface area contributed by atoms with Crippen LogP contribution in [0.4, 0.5) is 0 Å². The highest BCUT2D eigenvalue weighted by Crippen LogP contribution is 2.21. The van der Waals surface area contributed by atoms with Gasteiger partial charge in [-0.3, -0.25) is 0 Å². The minimum Gasteiger partial charge on any atom is -0.451 e. The summed E-state index contributed by atoms with van der Waals surface area (Å²) in [7, 11) is 0. The smallest absolute Gasteiger partial charge is 0.359 e. The SMILES string of the molecule is Cc1noc(COC(=O)c2cc(C)n(-c3ccccc3Cl)n2)n1. The summed E-state index contributed by atoms with van der Waals surface area (Å²) in [6.07, 6.45) is 0. The maximum Gasteiger partial charge on any atom is 0.359 e. The molecule has 0 amide bonds. The van der Waals surface area contributed by atoms with Crippen molar-refractivity contribution in [1.29, 1.82) is 0 Å². The number of carbonyl (C=O) groups excluding carboxylic acids is 1. The Morgan fingerprint density at radius 2 is 2.13 bits per heavy atom. The number of benzene rings is 1. The minimum atomic E-state index is -0.574. The number of hydrogen-bond acceptors (Lipinski definition) is 6. The molecule has 1 aromatic carbocycles. The van der Waals surface area contributed by atoms with Gasteiger partial charge in [-0.15, -0.1) is 0 Å². The Bertz CT molecular complexity index is 856. The molecule has 0 saturated carbocycles. The molecule has 2 aromatic heterocycles. The van der Waals surface area contributed by atoms with Gasteiger partial charge in [-0.25, -0.2) is 9.48 Å². The molecule has 0 fully saturated rings. The predicted molar refractivity (Wildman–Crippen MR) is 81.5 cm³/mol. The lowest BCUT2D eigenvalue weighted by molar-refractivity contribution is 0.0422. The Morgan fingerprint density at radius 1 is 1.35 bits per heavy atom. The summed E-state index contributed by atoms with van der Waals surface area (Å²) < 4.78 is 11.6. The molecular weight excluding hydrogens is 320 g/mol. The summed E-state index contributed by atoms with van der Waals surface area (Å²) in [4.78, 5) is 16.0. The van der Waals surface area contributed by atoms with Crippen LogP contribution in [0.2, 0.25) is 5.02 Å². The van der Waals surface area contributed by atoms with Crippen molar-refractivity contribution in [2.75, 3.05) is 0 Å². The highest BCUT2D eigenvalue weighted by atomic mass is 35.5. The van der Waals surface area contributed by atoms with E-state index in [0.717, 1.165) is 5.69 Å². The van der Waals surface area contributed by atoms with Crippen LogP contribution in [0.3, 0.4) is 0 Å². The monoisotopic (exact) mass is 332 g/mol. The van der Waals surface area contributed by atoms with Gasteiger partial charge in [-0.1, -0.05) is 28.9 Å². The summed E-state index contributed by atoms with van der Waals surface area (Å²) >= 11 is 6.16. The molecule has 2 heterocycles. The average Bonchev–Trinajstić information content (AvgIpc) is 3.11. The second kappa shape index (κ2) is 6.21. The van der Waals surface area contributed by atoms with Gasteiger partial charge < -0.3 is 9.26 Å². The molecule has 7 nitrogen and oxygen atoms in total. The first-order valence-electron chi connectivity index (χ1n) is 6.82. The van der Waals surface area contributed by atoms with Gasteiger partial charge in [-0.2, -0.15) is 10.1 Å². The molecule has 0 atom stereocenters. The van der Waals surface area contributed by atoms with Crippen molar-refractivity contribution in [2.45, 2.75) is 20.5 Å². The maximum atomic E-state index is 12.1. The van der Waals surface area contributed by atoms with Gasteiger partial charge in [0.2, 0.25) is 0 Å². The molecule has 0 unspecified atom stereocenters. The standard InChI is InChI=1S/C15H13ClN4O3/c1-9-7-12(15(21)22-8-14-17-10(2)19-23-14)18-20(9)13-6-4-3-5-11(13)16/h3-7H,8H2,1-2H3. The Hall–Kier alpha value is -2.67. The molecule has 0 spiro atoms. The quantitative estimate of drug-likeness (QED) is 0.683. The van der Waals surface area contributed by atoms with Crippen molar-refractivity contribution >= 4 is 17.6 Å². The number of aryl methyl sites for hydroxylation is 2. The van der Waals surface area contributed by atoms with Crippen LogP contribution >= 0.6 is 11.6 Å². The fourth-order valence-corrected chi connectivity index (χ4v) is 2.26. The summed E-state index contributed by atoms with van der Waals surface area (Å²) in [6, 6.07) is 8.88. The summed E-state index contributed by atoms with van der Waals surface area (Å²) in [6.45, 7) is 3.41. The molecule has 3 aromatic rings. The van der Waals surface area contributed by atoms with Crippen molar-refractivity contribution in [2.24, 2.45) is 0 Å². The minimum absolute atomic E-state index is 0.0995. The van der Waals surface area contributed by atoms with Gasteiger partial charge in [-0.05, 0) is 32.0 Å². The average molecular weight is 333 g/mol. The van der Waals surface area contributed by atoms with Crippen LogP contribution in [0.15, 0.2) is 34.9 Å². The second-order valence-electron chi connectivity index (χ2n) is 4.85. The van der Waals surface area contributed by atoms with Crippen molar-refractivity contribution in [3.8, 4) is 5.69 Å². The summed E-state index contributed by atoms with van der Waals surface area (Å²) in [5, 5.41) is 8.41. The Morgan fingerprint density at radius 3 is 2.83 bits per heavy atom. The number of esters is 1. The van der Waals surface area contributed by atoms with Crippen molar-refractivity contribution in [3.63, 3.8) is 0 Å². The van der Waals surface area contributed by atoms with Gasteiger partial charge in [0, 0.05) is 5.69 Å². The van der Waals surface area contributed by atoms with E-state index in [4.69, 9.17) is 20.9 Å². The zero-order chi connectivity index (χ0) is 16.4. The summed E-state index contributed by atoms with van der Waals surface area (Å²) in [5.41, 5.74) is 1.63. The molecule has 0 bridgehead atoms. The molecule has 0 saturated heterocycles. The number of para-hydroxylation sites is 1. The number of hydrogen-bond donors (Lipinski definition) is 0. The van der Waals surface area contributed by atoms with Crippen LogP contribution in [0, 0.1) is 13.8 Å². The third-order valence-corrected chi connectivity index (χ3v) is 3.39. The molecule has 8 heteroatoms. The first kappa shape index (κ1) is 15.2. The lowest BCUT2D eigenvalue weighted by Gasteiger charge is -2.05. The number of halogens is 1. The van der Waals surface area contributed by atoms with Crippen LogP contribution in [0.1, 0.15) is 27.9 Å². The van der Waals surface area contributed by atoms with Gasteiger partial charge in [0.25, 0.3) is 5.89 Å². The fraction of sp³-hybridized carbons (Fsp3) is 0.200.